The average molecular weight is 284 g/mol. The highest BCUT2D eigenvalue weighted by Crippen LogP contribution is 2.60. The minimum Gasteiger partial charge on any atom is -0.322 e. The van der Waals surface area contributed by atoms with E-state index in [1.165, 1.54) is 11.8 Å². The molecule has 0 N–H and O–H groups in total. The predicted octanol–water partition coefficient (Wildman–Crippen LogP) is 3.77. The zero-order chi connectivity index (χ0) is 19.4. The quantitative estimate of drug-likeness (QED) is 0.472. The van der Waals surface area contributed by atoms with Gasteiger partial charge in [0, 0.05) is 19.7 Å². The smallest absolute Gasteiger partial charge is 0.247 e. The highest BCUT2D eigenvalue weighted by molar-refractivity contribution is 8.68. The summed E-state index contributed by atoms with van der Waals surface area (Å²) < 4.78 is 82.5. The van der Waals surface area contributed by atoms with Gasteiger partial charge in [-0.05, 0) is 31.3 Å². The Balaban J connectivity index is 5.42. The van der Waals surface area contributed by atoms with E-state index in [0.29, 0.717) is 5.75 Å². The first-order chi connectivity index (χ1) is 10.5. The largest absolute Gasteiger partial charge is 0.322 e. The fourth-order valence-corrected chi connectivity index (χ4v) is 4.96. The first-order valence-corrected chi connectivity index (χ1v) is 9.10. The Morgan fingerprint density at radius 2 is 2.00 bits per heavy atom. The molecule has 0 radical (unpaired) electrons. The molecule has 0 aromatic carbocycles. The average Bonchev–Trinajstić information content (AvgIpc) is 2.30. The Kier molecular flexibility index (Phi) is 3.58. The topological polar surface area (TPSA) is 18.5 Å². The van der Waals surface area contributed by atoms with Crippen molar-refractivity contribution in [3.05, 3.63) is 0 Å². The summed E-state index contributed by atoms with van der Waals surface area (Å²) in [6.45, 7) is -10.9. The molecular formula is C8H19O2PS3. The van der Waals surface area contributed by atoms with Gasteiger partial charge in [-0.2, -0.15) is 11.8 Å². The van der Waals surface area contributed by atoms with Crippen molar-refractivity contribution in [2.24, 2.45) is 0 Å². The van der Waals surface area contributed by atoms with Gasteiger partial charge in [0.15, 0.2) is 0 Å². The molecule has 0 fully saturated rings. The number of rotatable bonds is 9. The van der Waals surface area contributed by atoms with E-state index in [-0.39, 0.29) is 5.75 Å². The van der Waals surface area contributed by atoms with Crippen LogP contribution >= 0.6 is 28.8 Å². The van der Waals surface area contributed by atoms with Gasteiger partial charge in [0.1, 0.15) is 0 Å². The van der Waals surface area contributed by atoms with Crippen molar-refractivity contribution in [2.75, 3.05) is 30.4 Å². The lowest BCUT2D eigenvalue weighted by molar-refractivity contribution is 0.280. The van der Waals surface area contributed by atoms with Gasteiger partial charge >= 0.3 is 0 Å². The number of thioether (sulfide) groups is 1. The molecule has 0 unspecified atom stereocenters. The molecular weight excluding hydrogens is 255 g/mol. The van der Waals surface area contributed by atoms with Crippen LogP contribution in [0.15, 0.2) is 0 Å². The SMILES string of the molecule is [2H]C([2H])([2H])C([2H])([2H])OP(=S)(OC([2H])([2H])C([2H])([2H])[2H])SCCSCC. The molecule has 86 valence electrons. The predicted molar refractivity (Wildman–Crippen MR) is 73.0 cm³/mol. The van der Waals surface area contributed by atoms with E-state index in [1.807, 2.05) is 6.92 Å². The van der Waals surface area contributed by atoms with Gasteiger partial charge < -0.3 is 9.05 Å². The molecule has 0 saturated heterocycles. The molecule has 0 aliphatic heterocycles. The summed E-state index contributed by atoms with van der Waals surface area (Å²) in [6, 6.07) is 0. The van der Waals surface area contributed by atoms with E-state index >= 15 is 0 Å². The van der Waals surface area contributed by atoms with Crippen LogP contribution in [0.2, 0.25) is 0 Å². The molecule has 6 heteroatoms. The molecule has 0 aromatic heterocycles. The molecule has 0 heterocycles. The van der Waals surface area contributed by atoms with Crippen LogP contribution in [0.1, 0.15) is 34.3 Å². The third kappa shape index (κ3) is 7.55. The van der Waals surface area contributed by atoms with Crippen molar-refractivity contribution in [1.29, 1.82) is 0 Å². The molecule has 2 nitrogen and oxygen atoms in total. The zero-order valence-electron chi connectivity index (χ0n) is 17.6. The minimum absolute atomic E-state index is 0.268. The molecule has 0 saturated carbocycles. The van der Waals surface area contributed by atoms with Crippen molar-refractivity contribution in [2.45, 2.75) is 20.6 Å². The van der Waals surface area contributed by atoms with E-state index in [1.54, 1.807) is 0 Å². The molecule has 0 rings (SSSR count). The van der Waals surface area contributed by atoms with Crippen LogP contribution in [-0.4, -0.2) is 30.4 Å². The summed E-state index contributed by atoms with van der Waals surface area (Å²) in [5.74, 6) is 1.63. The highest BCUT2D eigenvalue weighted by Gasteiger charge is 2.17. The van der Waals surface area contributed by atoms with Crippen LogP contribution in [0.3, 0.4) is 0 Å². The number of hydrogen-bond donors (Lipinski definition) is 0. The molecule has 0 atom stereocenters. The first-order valence-electron chi connectivity index (χ1n) is 8.71. The third-order valence-electron chi connectivity index (χ3n) is 0.996. The summed E-state index contributed by atoms with van der Waals surface area (Å²) in [5, 5.41) is 0. The standard InChI is InChI=1S/C8H19O2PS3/c1-4-9-11(12,10-5-2)14-8-7-13-6-3/h4-8H2,1-3H3/i1D3,2D3,4D2,5D2. The summed E-state index contributed by atoms with van der Waals surface area (Å²) in [6.07, 6.45) is 0. The molecule has 0 aromatic rings. The first kappa shape index (κ1) is 5.28. The van der Waals surface area contributed by atoms with Crippen LogP contribution in [0.5, 0.6) is 0 Å². The second kappa shape index (κ2) is 9.49. The van der Waals surface area contributed by atoms with Gasteiger partial charge in [0.25, 0.3) is 0 Å². The van der Waals surface area contributed by atoms with Gasteiger partial charge in [-0.3, -0.25) is 0 Å². The van der Waals surface area contributed by atoms with E-state index in [9.17, 15) is 0 Å². The zero-order valence-corrected chi connectivity index (χ0v) is 11.0. The maximum Gasteiger partial charge on any atom is 0.247 e. The molecule has 0 spiro atoms. The summed E-state index contributed by atoms with van der Waals surface area (Å²) >= 11 is 7.28. The Morgan fingerprint density at radius 1 is 1.36 bits per heavy atom. The van der Waals surface area contributed by atoms with Crippen LogP contribution in [0.4, 0.5) is 0 Å². The van der Waals surface area contributed by atoms with Gasteiger partial charge in [-0.15, -0.1) is 0 Å². The Bertz CT molecular complexity index is 420. The molecule has 0 aliphatic carbocycles. The Labute approximate surface area is 115 Å². The van der Waals surface area contributed by atoms with Crippen molar-refractivity contribution >= 4 is 40.6 Å². The summed E-state index contributed by atoms with van der Waals surface area (Å²) in [7, 11) is 0. The third-order valence-corrected chi connectivity index (χ3v) is 6.83. The normalized spacial score (nSPS) is 26.4. The van der Waals surface area contributed by atoms with Crippen LogP contribution < -0.4 is 0 Å². The van der Waals surface area contributed by atoms with Crippen LogP contribution in [-0.2, 0) is 20.9 Å². The van der Waals surface area contributed by atoms with Crippen LogP contribution in [0.25, 0.3) is 0 Å². The van der Waals surface area contributed by atoms with Crippen molar-refractivity contribution in [1.82, 2.24) is 0 Å². The second-order valence-electron chi connectivity index (χ2n) is 1.86. The lowest BCUT2D eigenvalue weighted by Gasteiger charge is -2.19. The van der Waals surface area contributed by atoms with Crippen molar-refractivity contribution in [3.8, 4) is 0 Å². The van der Waals surface area contributed by atoms with Gasteiger partial charge in [0.05, 0.1) is 18.6 Å². The molecule has 0 amide bonds. The van der Waals surface area contributed by atoms with Gasteiger partial charge in [-0.1, -0.05) is 18.3 Å². The maximum atomic E-state index is 7.50. The highest BCUT2D eigenvalue weighted by atomic mass is 32.9. The lowest BCUT2D eigenvalue weighted by atomic mass is 10.9. The molecule has 0 aliphatic rings. The van der Waals surface area contributed by atoms with Crippen molar-refractivity contribution in [3.63, 3.8) is 0 Å². The van der Waals surface area contributed by atoms with Crippen molar-refractivity contribution < 1.29 is 22.8 Å². The monoisotopic (exact) mass is 284 g/mol. The Hall–Kier alpha value is 1.27. The maximum absolute atomic E-state index is 7.50. The number of hydrogen-bond acceptors (Lipinski definition) is 5. The fourth-order valence-electron chi connectivity index (χ4n) is 0.535. The van der Waals surface area contributed by atoms with E-state index in [4.69, 9.17) is 34.6 Å². The van der Waals surface area contributed by atoms with E-state index < -0.39 is 32.5 Å². The Morgan fingerprint density at radius 3 is 2.50 bits per heavy atom. The van der Waals surface area contributed by atoms with Gasteiger partial charge in [-0.25, -0.2) is 0 Å². The van der Waals surface area contributed by atoms with Gasteiger partial charge in [0.2, 0.25) is 5.69 Å². The molecule has 14 heavy (non-hydrogen) atoms. The van der Waals surface area contributed by atoms with Crippen LogP contribution in [0, 0.1) is 0 Å². The molecule has 0 bridgehead atoms. The lowest BCUT2D eigenvalue weighted by Crippen LogP contribution is -1.94. The van der Waals surface area contributed by atoms with E-state index in [2.05, 4.69) is 0 Å². The fraction of sp³-hybridized carbons (Fsp3) is 1.00. The minimum atomic E-state index is -3.93. The summed E-state index contributed by atoms with van der Waals surface area (Å²) in [5.41, 5.74) is -3.93. The van der Waals surface area contributed by atoms with E-state index in [0.717, 1.165) is 17.1 Å². The summed E-state index contributed by atoms with van der Waals surface area (Å²) in [4.78, 5) is 0. The second-order valence-corrected chi connectivity index (χ2v) is 9.54.